The van der Waals surface area contributed by atoms with Gasteiger partial charge in [-0.3, -0.25) is 4.79 Å². The molecular weight excluding hydrogens is 156 g/mol. The molecule has 0 aromatic rings. The van der Waals surface area contributed by atoms with E-state index in [0.717, 1.165) is 19.8 Å². The highest BCUT2D eigenvalue weighted by Crippen LogP contribution is 1.98. The second-order valence-corrected chi connectivity index (χ2v) is 2.89. The Bertz CT molecular complexity index is 146. The number of hydrogen-bond donors (Lipinski definition) is 2. The van der Waals surface area contributed by atoms with Crippen LogP contribution in [0.1, 0.15) is 13.3 Å². The van der Waals surface area contributed by atoms with Crippen molar-refractivity contribution in [1.29, 1.82) is 0 Å². The summed E-state index contributed by atoms with van der Waals surface area (Å²) in [7, 11) is 0. The minimum atomic E-state index is 0.116. The molecule has 4 heteroatoms. The number of ether oxygens (including phenoxy) is 1. The predicted molar refractivity (Wildman–Crippen MR) is 45.9 cm³/mol. The van der Waals surface area contributed by atoms with E-state index in [9.17, 15) is 4.79 Å². The Balaban J connectivity index is 1.90. The Labute approximate surface area is 72.7 Å². The molecular formula is C8H16N2O2. The standard InChI is InChI=1S/C8H16N2O2/c1-2-9-8(11)3-4-10-7-5-12-6-7/h7,10H,2-6H2,1H3,(H,9,11). The second-order valence-electron chi connectivity index (χ2n) is 2.89. The lowest BCUT2D eigenvalue weighted by atomic mass is 10.2. The number of carbonyl (C=O) groups is 1. The first kappa shape index (κ1) is 9.48. The van der Waals surface area contributed by atoms with Gasteiger partial charge in [-0.1, -0.05) is 0 Å². The third kappa shape index (κ3) is 3.19. The van der Waals surface area contributed by atoms with Crippen LogP contribution in [0.25, 0.3) is 0 Å². The van der Waals surface area contributed by atoms with Crippen LogP contribution in [0.2, 0.25) is 0 Å². The van der Waals surface area contributed by atoms with Gasteiger partial charge in [0, 0.05) is 19.5 Å². The van der Waals surface area contributed by atoms with Gasteiger partial charge in [0.25, 0.3) is 0 Å². The lowest BCUT2D eigenvalue weighted by molar-refractivity contribution is -0.121. The van der Waals surface area contributed by atoms with Crippen LogP contribution in [-0.4, -0.2) is 38.3 Å². The number of hydrogen-bond acceptors (Lipinski definition) is 3. The average molecular weight is 172 g/mol. The van der Waals surface area contributed by atoms with Gasteiger partial charge in [0.1, 0.15) is 0 Å². The molecule has 2 N–H and O–H groups in total. The van der Waals surface area contributed by atoms with Gasteiger partial charge in [-0.05, 0) is 6.92 Å². The zero-order valence-corrected chi connectivity index (χ0v) is 7.43. The van der Waals surface area contributed by atoms with Crippen LogP contribution < -0.4 is 10.6 Å². The Kier molecular flexibility index (Phi) is 4.04. The molecule has 0 radical (unpaired) electrons. The number of nitrogens with one attached hydrogen (secondary N) is 2. The summed E-state index contributed by atoms with van der Waals surface area (Å²) in [6, 6.07) is 0.472. The van der Waals surface area contributed by atoms with Crippen molar-refractivity contribution in [2.24, 2.45) is 0 Å². The van der Waals surface area contributed by atoms with Crippen molar-refractivity contribution in [2.45, 2.75) is 19.4 Å². The van der Waals surface area contributed by atoms with E-state index in [1.165, 1.54) is 0 Å². The largest absolute Gasteiger partial charge is 0.378 e. The van der Waals surface area contributed by atoms with Crippen molar-refractivity contribution in [2.75, 3.05) is 26.3 Å². The Morgan fingerprint density at radius 1 is 1.58 bits per heavy atom. The molecule has 0 aromatic carbocycles. The van der Waals surface area contributed by atoms with Gasteiger partial charge in [-0.2, -0.15) is 0 Å². The van der Waals surface area contributed by atoms with Gasteiger partial charge >= 0.3 is 0 Å². The molecule has 1 fully saturated rings. The van der Waals surface area contributed by atoms with Crippen LogP contribution in [0.4, 0.5) is 0 Å². The summed E-state index contributed by atoms with van der Waals surface area (Å²) >= 11 is 0. The van der Waals surface area contributed by atoms with Gasteiger partial charge in [-0.15, -0.1) is 0 Å². The van der Waals surface area contributed by atoms with Crippen molar-refractivity contribution in [3.63, 3.8) is 0 Å². The fourth-order valence-corrected chi connectivity index (χ4v) is 1.03. The van der Waals surface area contributed by atoms with Gasteiger partial charge in [-0.25, -0.2) is 0 Å². The van der Waals surface area contributed by atoms with E-state index in [1.807, 2.05) is 6.92 Å². The Morgan fingerprint density at radius 2 is 2.33 bits per heavy atom. The molecule has 1 aliphatic heterocycles. The molecule has 70 valence electrons. The van der Waals surface area contributed by atoms with Crippen LogP contribution in [0, 0.1) is 0 Å². The third-order valence-corrected chi connectivity index (χ3v) is 1.80. The molecule has 0 atom stereocenters. The number of rotatable bonds is 5. The first-order valence-electron chi connectivity index (χ1n) is 4.40. The molecule has 0 aliphatic carbocycles. The van der Waals surface area contributed by atoms with E-state index in [4.69, 9.17) is 4.74 Å². The van der Waals surface area contributed by atoms with E-state index in [0.29, 0.717) is 19.0 Å². The van der Waals surface area contributed by atoms with E-state index in [2.05, 4.69) is 10.6 Å². The highest BCUT2D eigenvalue weighted by Gasteiger charge is 2.16. The lowest BCUT2D eigenvalue weighted by Gasteiger charge is -2.26. The first-order valence-corrected chi connectivity index (χ1v) is 4.40. The normalized spacial score (nSPS) is 17.1. The molecule has 4 nitrogen and oxygen atoms in total. The number of amides is 1. The Morgan fingerprint density at radius 3 is 2.83 bits per heavy atom. The smallest absolute Gasteiger partial charge is 0.221 e. The molecule has 1 aliphatic rings. The molecule has 0 unspecified atom stereocenters. The summed E-state index contributed by atoms with van der Waals surface area (Å²) in [5.74, 6) is 0.116. The fraction of sp³-hybridized carbons (Fsp3) is 0.875. The van der Waals surface area contributed by atoms with Crippen LogP contribution in [0.5, 0.6) is 0 Å². The zero-order valence-electron chi connectivity index (χ0n) is 7.43. The molecule has 0 bridgehead atoms. The highest BCUT2D eigenvalue weighted by molar-refractivity contribution is 5.75. The molecule has 1 saturated heterocycles. The number of carbonyl (C=O) groups excluding carboxylic acids is 1. The molecule has 1 amide bonds. The third-order valence-electron chi connectivity index (χ3n) is 1.80. The second kappa shape index (κ2) is 5.11. The van der Waals surface area contributed by atoms with E-state index < -0.39 is 0 Å². The first-order chi connectivity index (χ1) is 5.83. The maximum Gasteiger partial charge on any atom is 0.221 e. The molecule has 0 spiro atoms. The predicted octanol–water partition coefficient (Wildman–Crippen LogP) is -0.499. The van der Waals surface area contributed by atoms with Crippen LogP contribution in [0.15, 0.2) is 0 Å². The van der Waals surface area contributed by atoms with Crippen LogP contribution in [-0.2, 0) is 9.53 Å². The average Bonchev–Trinajstić information content (AvgIpc) is 1.95. The van der Waals surface area contributed by atoms with Crippen molar-refractivity contribution in [3.05, 3.63) is 0 Å². The summed E-state index contributed by atoms with van der Waals surface area (Å²) < 4.78 is 4.98. The maximum atomic E-state index is 10.9. The van der Waals surface area contributed by atoms with Crippen molar-refractivity contribution < 1.29 is 9.53 Å². The van der Waals surface area contributed by atoms with Crippen molar-refractivity contribution >= 4 is 5.91 Å². The highest BCUT2D eigenvalue weighted by atomic mass is 16.5. The van der Waals surface area contributed by atoms with E-state index >= 15 is 0 Å². The summed E-state index contributed by atoms with van der Waals surface area (Å²) in [4.78, 5) is 10.9. The fourth-order valence-electron chi connectivity index (χ4n) is 1.03. The topological polar surface area (TPSA) is 50.4 Å². The van der Waals surface area contributed by atoms with Crippen molar-refractivity contribution in [3.8, 4) is 0 Å². The van der Waals surface area contributed by atoms with Gasteiger partial charge in [0.2, 0.25) is 5.91 Å². The molecule has 1 heterocycles. The monoisotopic (exact) mass is 172 g/mol. The van der Waals surface area contributed by atoms with Crippen molar-refractivity contribution in [1.82, 2.24) is 10.6 Å². The summed E-state index contributed by atoms with van der Waals surface area (Å²) in [6.45, 7) is 4.96. The minimum absolute atomic E-state index is 0.116. The summed E-state index contributed by atoms with van der Waals surface area (Å²) in [5.41, 5.74) is 0. The maximum absolute atomic E-state index is 10.9. The quantitative estimate of drug-likeness (QED) is 0.588. The van der Waals surface area contributed by atoms with Gasteiger partial charge < -0.3 is 15.4 Å². The van der Waals surface area contributed by atoms with E-state index in [-0.39, 0.29) is 5.91 Å². The molecule has 1 rings (SSSR count). The van der Waals surface area contributed by atoms with E-state index in [1.54, 1.807) is 0 Å². The van der Waals surface area contributed by atoms with Gasteiger partial charge in [0.05, 0.1) is 19.3 Å². The summed E-state index contributed by atoms with van der Waals surface area (Å²) in [6.07, 6.45) is 0.560. The lowest BCUT2D eigenvalue weighted by Crippen LogP contribution is -2.46. The Hall–Kier alpha value is -0.610. The molecule has 0 aromatic heterocycles. The van der Waals surface area contributed by atoms with Crippen LogP contribution >= 0.6 is 0 Å². The SMILES string of the molecule is CCNC(=O)CCNC1COC1. The summed E-state index contributed by atoms with van der Waals surface area (Å²) in [5, 5.41) is 5.97. The molecule has 0 saturated carbocycles. The van der Waals surface area contributed by atoms with Crippen LogP contribution in [0.3, 0.4) is 0 Å². The molecule has 12 heavy (non-hydrogen) atoms. The zero-order chi connectivity index (χ0) is 8.81. The minimum Gasteiger partial charge on any atom is -0.378 e. The van der Waals surface area contributed by atoms with Gasteiger partial charge in [0.15, 0.2) is 0 Å².